The summed E-state index contributed by atoms with van der Waals surface area (Å²) in [4.78, 5) is 15.3. The smallest absolute Gasteiger partial charge is 0.340 e. The van der Waals surface area contributed by atoms with Crippen molar-refractivity contribution >= 4 is 5.97 Å². The van der Waals surface area contributed by atoms with Gasteiger partial charge in [-0.1, -0.05) is 13.3 Å². The minimum Gasteiger partial charge on any atom is -0.462 e. The lowest BCUT2D eigenvalue weighted by atomic mass is 10.1. The number of esters is 1. The molecule has 1 aliphatic rings. The molecular formula is C17H29N3O2. The maximum absolute atomic E-state index is 12.1. The van der Waals surface area contributed by atoms with E-state index >= 15 is 0 Å². The van der Waals surface area contributed by atoms with Crippen molar-refractivity contribution in [1.82, 2.24) is 15.0 Å². The van der Waals surface area contributed by atoms with Gasteiger partial charge in [0.15, 0.2) is 0 Å². The standard InChI is InChI=1S/C17H29N3O2/c1-4-19(20-10-7-6-8-11-20)12-9-15-16(14(3)13-18-15)17(21)22-5-2/h13,18H,4-12H2,1-3H3. The molecule has 1 aromatic rings. The molecule has 2 rings (SSSR count). The Balaban J connectivity index is 1.99. The van der Waals surface area contributed by atoms with Crippen LogP contribution in [0.5, 0.6) is 0 Å². The molecule has 0 aliphatic carbocycles. The van der Waals surface area contributed by atoms with Crippen LogP contribution in [-0.4, -0.2) is 53.8 Å². The monoisotopic (exact) mass is 307 g/mol. The molecule has 0 amide bonds. The van der Waals surface area contributed by atoms with E-state index in [4.69, 9.17) is 4.74 Å². The van der Waals surface area contributed by atoms with Gasteiger partial charge in [-0.2, -0.15) is 0 Å². The van der Waals surface area contributed by atoms with Crippen molar-refractivity contribution in [3.8, 4) is 0 Å². The second-order valence-corrected chi connectivity index (χ2v) is 5.86. The van der Waals surface area contributed by atoms with Gasteiger partial charge in [-0.05, 0) is 32.3 Å². The minimum atomic E-state index is -0.211. The number of aromatic amines is 1. The van der Waals surface area contributed by atoms with Crippen LogP contribution in [0.1, 0.15) is 54.7 Å². The van der Waals surface area contributed by atoms with Crippen LogP contribution in [0.3, 0.4) is 0 Å². The predicted octanol–water partition coefficient (Wildman–Crippen LogP) is 2.77. The number of nitrogens with zero attached hydrogens (tertiary/aromatic N) is 2. The molecule has 0 unspecified atom stereocenters. The topological polar surface area (TPSA) is 48.6 Å². The summed E-state index contributed by atoms with van der Waals surface area (Å²) < 4.78 is 5.17. The van der Waals surface area contributed by atoms with Crippen molar-refractivity contribution in [3.05, 3.63) is 23.0 Å². The number of H-pyrrole nitrogens is 1. The molecule has 0 spiro atoms. The maximum atomic E-state index is 12.1. The van der Waals surface area contributed by atoms with E-state index in [1.807, 2.05) is 20.0 Å². The molecule has 1 aliphatic heterocycles. The molecule has 0 aromatic carbocycles. The number of aryl methyl sites for hydroxylation is 1. The molecule has 0 radical (unpaired) electrons. The highest BCUT2D eigenvalue weighted by atomic mass is 16.5. The van der Waals surface area contributed by atoms with E-state index in [-0.39, 0.29) is 5.97 Å². The van der Waals surface area contributed by atoms with Gasteiger partial charge in [0.05, 0.1) is 12.2 Å². The summed E-state index contributed by atoms with van der Waals surface area (Å²) in [6, 6.07) is 0. The number of piperidine rings is 1. The lowest BCUT2D eigenvalue weighted by Gasteiger charge is -2.36. The van der Waals surface area contributed by atoms with E-state index in [0.717, 1.165) is 49.4 Å². The van der Waals surface area contributed by atoms with Crippen LogP contribution in [0.25, 0.3) is 0 Å². The summed E-state index contributed by atoms with van der Waals surface area (Å²) in [6.45, 7) is 10.7. The van der Waals surface area contributed by atoms with Crippen molar-refractivity contribution in [1.29, 1.82) is 0 Å². The van der Waals surface area contributed by atoms with Crippen molar-refractivity contribution in [2.75, 3.05) is 32.8 Å². The third kappa shape index (κ3) is 4.11. The number of carbonyl (C=O) groups is 1. The first-order valence-electron chi connectivity index (χ1n) is 8.51. The molecule has 5 nitrogen and oxygen atoms in total. The normalized spacial score (nSPS) is 16.2. The average molecular weight is 307 g/mol. The van der Waals surface area contributed by atoms with Crippen LogP contribution in [0.4, 0.5) is 0 Å². The van der Waals surface area contributed by atoms with E-state index < -0.39 is 0 Å². The summed E-state index contributed by atoms with van der Waals surface area (Å²) in [6.07, 6.45) is 6.65. The highest BCUT2D eigenvalue weighted by Gasteiger charge is 2.20. The Kier molecular flexibility index (Phi) is 6.46. The first kappa shape index (κ1) is 17.0. The van der Waals surface area contributed by atoms with Crippen molar-refractivity contribution in [2.24, 2.45) is 0 Å². The van der Waals surface area contributed by atoms with E-state index in [2.05, 4.69) is 21.9 Å². The first-order valence-corrected chi connectivity index (χ1v) is 8.51. The molecule has 1 aromatic heterocycles. The van der Waals surface area contributed by atoms with Gasteiger partial charge in [0.1, 0.15) is 0 Å². The van der Waals surface area contributed by atoms with Gasteiger partial charge < -0.3 is 9.72 Å². The molecule has 1 fully saturated rings. The zero-order valence-electron chi connectivity index (χ0n) is 14.2. The number of nitrogens with one attached hydrogen (secondary N) is 1. The fraction of sp³-hybridized carbons (Fsp3) is 0.706. The van der Waals surface area contributed by atoms with Gasteiger partial charge in [-0.3, -0.25) is 0 Å². The van der Waals surface area contributed by atoms with Gasteiger partial charge in [0.2, 0.25) is 0 Å². The molecule has 1 N–H and O–H groups in total. The molecule has 124 valence electrons. The Bertz CT molecular complexity index is 478. The van der Waals surface area contributed by atoms with E-state index in [0.29, 0.717) is 6.61 Å². The quantitative estimate of drug-likeness (QED) is 0.787. The van der Waals surface area contributed by atoms with Crippen LogP contribution >= 0.6 is 0 Å². The number of hydrazine groups is 1. The molecule has 5 heteroatoms. The third-order valence-electron chi connectivity index (χ3n) is 4.36. The Morgan fingerprint density at radius 1 is 1.32 bits per heavy atom. The summed E-state index contributed by atoms with van der Waals surface area (Å²) in [5, 5.41) is 4.87. The highest BCUT2D eigenvalue weighted by Crippen LogP contribution is 2.17. The zero-order chi connectivity index (χ0) is 15.9. The predicted molar refractivity (Wildman–Crippen MR) is 87.9 cm³/mol. The maximum Gasteiger partial charge on any atom is 0.340 e. The van der Waals surface area contributed by atoms with E-state index in [1.54, 1.807) is 0 Å². The Labute approximate surface area is 133 Å². The largest absolute Gasteiger partial charge is 0.462 e. The first-order chi connectivity index (χ1) is 10.7. The number of hydrogen-bond acceptors (Lipinski definition) is 4. The molecule has 0 bridgehead atoms. The lowest BCUT2D eigenvalue weighted by molar-refractivity contribution is -0.0344. The number of carbonyl (C=O) groups excluding carboxylic acids is 1. The van der Waals surface area contributed by atoms with Crippen LogP contribution in [0.2, 0.25) is 0 Å². The highest BCUT2D eigenvalue weighted by molar-refractivity contribution is 5.92. The van der Waals surface area contributed by atoms with Crippen LogP contribution in [-0.2, 0) is 11.2 Å². The van der Waals surface area contributed by atoms with Gasteiger partial charge in [0.25, 0.3) is 0 Å². The molecule has 22 heavy (non-hydrogen) atoms. The summed E-state index contributed by atoms with van der Waals surface area (Å²) >= 11 is 0. The molecule has 0 atom stereocenters. The number of aromatic nitrogens is 1. The fourth-order valence-corrected chi connectivity index (χ4v) is 3.16. The van der Waals surface area contributed by atoms with E-state index in [1.165, 1.54) is 19.3 Å². The number of hydrogen-bond donors (Lipinski definition) is 1. The van der Waals surface area contributed by atoms with Crippen LogP contribution < -0.4 is 0 Å². The Hall–Kier alpha value is -1.33. The second kappa shape index (κ2) is 8.34. The number of ether oxygens (including phenoxy) is 1. The van der Waals surface area contributed by atoms with Gasteiger partial charge in [0, 0.05) is 44.5 Å². The van der Waals surface area contributed by atoms with Crippen molar-refractivity contribution < 1.29 is 9.53 Å². The minimum absolute atomic E-state index is 0.211. The number of likely N-dealkylation sites (N-methyl/N-ethyl adjacent to an activating group) is 1. The zero-order valence-corrected chi connectivity index (χ0v) is 14.2. The third-order valence-corrected chi connectivity index (χ3v) is 4.36. The SMILES string of the molecule is CCOC(=O)c1c(C)c[nH]c1CCN(CC)N1CCCCC1. The Morgan fingerprint density at radius 2 is 2.05 bits per heavy atom. The van der Waals surface area contributed by atoms with Crippen LogP contribution in [0.15, 0.2) is 6.20 Å². The summed E-state index contributed by atoms with van der Waals surface area (Å²) in [5.74, 6) is -0.211. The molecular weight excluding hydrogens is 278 g/mol. The lowest BCUT2D eigenvalue weighted by Crippen LogP contribution is -2.46. The Morgan fingerprint density at radius 3 is 2.68 bits per heavy atom. The fourth-order valence-electron chi connectivity index (χ4n) is 3.16. The molecule has 0 saturated carbocycles. The van der Waals surface area contributed by atoms with Crippen molar-refractivity contribution in [3.63, 3.8) is 0 Å². The second-order valence-electron chi connectivity index (χ2n) is 5.86. The molecule has 2 heterocycles. The van der Waals surface area contributed by atoms with Gasteiger partial charge >= 0.3 is 5.97 Å². The van der Waals surface area contributed by atoms with Crippen LogP contribution in [0, 0.1) is 6.92 Å². The number of rotatable bonds is 7. The summed E-state index contributed by atoms with van der Waals surface area (Å²) in [5.41, 5.74) is 2.68. The molecule has 1 saturated heterocycles. The van der Waals surface area contributed by atoms with Gasteiger partial charge in [-0.15, -0.1) is 0 Å². The van der Waals surface area contributed by atoms with E-state index in [9.17, 15) is 4.79 Å². The average Bonchev–Trinajstić information content (AvgIpc) is 2.90. The summed E-state index contributed by atoms with van der Waals surface area (Å²) in [7, 11) is 0. The van der Waals surface area contributed by atoms with Gasteiger partial charge in [-0.25, -0.2) is 14.8 Å². The van der Waals surface area contributed by atoms with Crippen molar-refractivity contribution in [2.45, 2.75) is 46.5 Å².